The van der Waals surface area contributed by atoms with E-state index in [1.54, 1.807) is 0 Å². The van der Waals surface area contributed by atoms with Crippen molar-refractivity contribution < 1.29 is 4.42 Å². The number of oxazole rings is 1. The van der Waals surface area contributed by atoms with Gasteiger partial charge in [-0.25, -0.2) is 4.98 Å². The van der Waals surface area contributed by atoms with Gasteiger partial charge in [0.15, 0.2) is 5.58 Å². The fourth-order valence-corrected chi connectivity index (χ4v) is 2.73. The van der Waals surface area contributed by atoms with Crippen LogP contribution in [0.25, 0.3) is 11.1 Å². The average molecular weight is 266 g/mol. The number of aromatic nitrogens is 1. The van der Waals surface area contributed by atoms with Crippen molar-refractivity contribution in [1.29, 1.82) is 5.26 Å². The predicted octanol–water partition coefficient (Wildman–Crippen LogP) is 4.16. The van der Waals surface area contributed by atoms with E-state index in [1.165, 1.54) is 11.8 Å². The third kappa shape index (κ3) is 2.33. The van der Waals surface area contributed by atoms with Gasteiger partial charge in [0.2, 0.25) is 0 Å². The summed E-state index contributed by atoms with van der Waals surface area (Å²) in [6, 6.07) is 15.5. The molecule has 0 aliphatic carbocycles. The van der Waals surface area contributed by atoms with Crippen LogP contribution in [-0.4, -0.2) is 4.98 Å². The van der Waals surface area contributed by atoms with Crippen LogP contribution in [0, 0.1) is 18.3 Å². The first-order valence-corrected chi connectivity index (χ1v) is 6.62. The number of benzene rings is 2. The summed E-state index contributed by atoms with van der Waals surface area (Å²) in [5, 5.41) is 9.67. The minimum absolute atomic E-state index is 0.559. The molecule has 4 heteroatoms. The molecule has 0 fully saturated rings. The summed E-state index contributed by atoms with van der Waals surface area (Å²) in [6.45, 7) is 2.00. The van der Waals surface area contributed by atoms with E-state index in [0.717, 1.165) is 21.6 Å². The maximum Gasteiger partial charge on any atom is 0.261 e. The number of hydrogen-bond donors (Lipinski definition) is 0. The molecular formula is C15H10N2OS. The summed E-state index contributed by atoms with van der Waals surface area (Å²) in [7, 11) is 0. The van der Waals surface area contributed by atoms with Gasteiger partial charge >= 0.3 is 0 Å². The smallest absolute Gasteiger partial charge is 0.261 e. The van der Waals surface area contributed by atoms with Crippen LogP contribution in [-0.2, 0) is 0 Å². The summed E-state index contributed by atoms with van der Waals surface area (Å²) in [6.07, 6.45) is 0. The first-order valence-electron chi connectivity index (χ1n) is 5.80. The van der Waals surface area contributed by atoms with E-state index in [4.69, 9.17) is 9.68 Å². The molecule has 0 unspecified atom stereocenters. The van der Waals surface area contributed by atoms with E-state index in [0.29, 0.717) is 10.8 Å². The van der Waals surface area contributed by atoms with Gasteiger partial charge in [-0.1, -0.05) is 18.2 Å². The van der Waals surface area contributed by atoms with Crippen molar-refractivity contribution in [3.8, 4) is 6.07 Å². The fraction of sp³-hybridized carbons (Fsp3) is 0.0667. The molecule has 0 bridgehead atoms. The van der Waals surface area contributed by atoms with Crippen molar-refractivity contribution in [2.24, 2.45) is 0 Å². The molecule has 92 valence electrons. The van der Waals surface area contributed by atoms with E-state index in [1.807, 2.05) is 49.4 Å². The van der Waals surface area contributed by atoms with Gasteiger partial charge in [0.05, 0.1) is 5.56 Å². The first kappa shape index (κ1) is 11.8. The van der Waals surface area contributed by atoms with Gasteiger partial charge in [-0.15, -0.1) is 0 Å². The van der Waals surface area contributed by atoms with Gasteiger partial charge in [-0.05, 0) is 48.5 Å². The minimum Gasteiger partial charge on any atom is -0.431 e. The number of nitriles is 1. The topological polar surface area (TPSA) is 49.8 Å². The second kappa shape index (κ2) is 4.79. The summed E-state index contributed by atoms with van der Waals surface area (Å²) in [5.74, 6) is 0. The summed E-state index contributed by atoms with van der Waals surface area (Å²) >= 11 is 1.38. The Balaban J connectivity index is 2.01. The standard InChI is InChI=1S/C15H10N2OS/c1-10-6-7-11(9-16)14(8-10)19-15-17-12-4-2-3-5-13(12)18-15/h2-8H,1H3. The number of fused-ring (bicyclic) bond motifs is 1. The molecule has 3 aromatic rings. The summed E-state index contributed by atoms with van der Waals surface area (Å²) < 4.78 is 5.65. The molecule has 0 aliphatic rings. The van der Waals surface area contributed by atoms with Crippen LogP contribution in [0.2, 0.25) is 0 Å². The number of hydrogen-bond acceptors (Lipinski definition) is 4. The van der Waals surface area contributed by atoms with Crippen LogP contribution in [0.15, 0.2) is 57.0 Å². The van der Waals surface area contributed by atoms with Gasteiger partial charge in [-0.3, -0.25) is 0 Å². The fourth-order valence-electron chi connectivity index (χ4n) is 1.80. The Morgan fingerprint density at radius 2 is 2.05 bits per heavy atom. The summed E-state index contributed by atoms with van der Waals surface area (Å²) in [5.41, 5.74) is 3.34. The van der Waals surface area contributed by atoms with Crippen LogP contribution in [0.5, 0.6) is 0 Å². The van der Waals surface area contributed by atoms with Gasteiger partial charge in [0, 0.05) is 4.90 Å². The van der Waals surface area contributed by atoms with Crippen molar-refractivity contribution in [3.63, 3.8) is 0 Å². The number of para-hydroxylation sites is 2. The maximum absolute atomic E-state index is 9.11. The van der Waals surface area contributed by atoms with E-state index >= 15 is 0 Å². The molecular weight excluding hydrogens is 256 g/mol. The zero-order valence-electron chi connectivity index (χ0n) is 10.3. The van der Waals surface area contributed by atoms with E-state index in [-0.39, 0.29) is 0 Å². The molecule has 1 heterocycles. The minimum atomic E-state index is 0.559. The largest absolute Gasteiger partial charge is 0.431 e. The third-order valence-corrected chi connectivity index (χ3v) is 3.64. The lowest BCUT2D eigenvalue weighted by atomic mass is 10.2. The molecule has 19 heavy (non-hydrogen) atoms. The average Bonchev–Trinajstić information content (AvgIpc) is 2.81. The van der Waals surface area contributed by atoms with Gasteiger partial charge < -0.3 is 4.42 Å². The van der Waals surface area contributed by atoms with Gasteiger partial charge in [0.25, 0.3) is 5.22 Å². The van der Waals surface area contributed by atoms with Crippen LogP contribution < -0.4 is 0 Å². The monoisotopic (exact) mass is 266 g/mol. The Labute approximate surface area is 114 Å². The Kier molecular flexibility index (Phi) is 2.98. The number of nitrogens with zero attached hydrogens (tertiary/aromatic N) is 2. The Bertz CT molecular complexity index is 753. The van der Waals surface area contributed by atoms with Gasteiger partial charge in [0.1, 0.15) is 11.6 Å². The molecule has 0 atom stereocenters. The van der Waals surface area contributed by atoms with E-state index < -0.39 is 0 Å². The molecule has 0 saturated carbocycles. The number of aryl methyl sites for hydroxylation is 1. The highest BCUT2D eigenvalue weighted by atomic mass is 32.2. The van der Waals surface area contributed by atoms with Crippen molar-refractivity contribution in [2.75, 3.05) is 0 Å². The number of rotatable bonds is 2. The van der Waals surface area contributed by atoms with Crippen molar-refractivity contribution in [2.45, 2.75) is 17.0 Å². The normalized spacial score (nSPS) is 10.5. The van der Waals surface area contributed by atoms with Crippen LogP contribution >= 0.6 is 11.8 Å². The SMILES string of the molecule is Cc1ccc(C#N)c(Sc2nc3ccccc3o2)c1. The molecule has 3 nitrogen and oxygen atoms in total. The second-order valence-corrected chi connectivity index (χ2v) is 5.15. The zero-order valence-corrected chi connectivity index (χ0v) is 11.1. The van der Waals surface area contributed by atoms with Crippen molar-refractivity contribution in [1.82, 2.24) is 4.98 Å². The molecule has 0 N–H and O–H groups in total. The molecule has 0 radical (unpaired) electrons. The molecule has 0 saturated heterocycles. The maximum atomic E-state index is 9.11. The van der Waals surface area contributed by atoms with E-state index in [2.05, 4.69) is 11.1 Å². The molecule has 0 aliphatic heterocycles. The molecule has 2 aromatic carbocycles. The van der Waals surface area contributed by atoms with Crippen molar-refractivity contribution in [3.05, 3.63) is 53.6 Å². The second-order valence-electron chi connectivity index (χ2n) is 4.16. The highest BCUT2D eigenvalue weighted by molar-refractivity contribution is 7.99. The van der Waals surface area contributed by atoms with Crippen LogP contribution in [0.4, 0.5) is 0 Å². The molecule has 0 amide bonds. The molecule has 1 aromatic heterocycles. The zero-order chi connectivity index (χ0) is 13.2. The summed E-state index contributed by atoms with van der Waals surface area (Å²) in [4.78, 5) is 5.27. The highest BCUT2D eigenvalue weighted by Gasteiger charge is 2.10. The lowest BCUT2D eigenvalue weighted by Crippen LogP contribution is -1.83. The molecule has 3 rings (SSSR count). The quantitative estimate of drug-likeness (QED) is 0.698. The highest BCUT2D eigenvalue weighted by Crippen LogP contribution is 2.32. The molecule has 0 spiro atoms. The Morgan fingerprint density at radius 1 is 1.21 bits per heavy atom. The lowest BCUT2D eigenvalue weighted by Gasteiger charge is -2.01. The lowest BCUT2D eigenvalue weighted by molar-refractivity contribution is 0.489. The van der Waals surface area contributed by atoms with Gasteiger partial charge in [-0.2, -0.15) is 5.26 Å². The first-order chi connectivity index (χ1) is 9.26. The Hall–Kier alpha value is -2.25. The Morgan fingerprint density at radius 3 is 2.84 bits per heavy atom. The van der Waals surface area contributed by atoms with Crippen molar-refractivity contribution >= 4 is 22.9 Å². The van der Waals surface area contributed by atoms with Crippen LogP contribution in [0.1, 0.15) is 11.1 Å². The van der Waals surface area contributed by atoms with E-state index in [9.17, 15) is 0 Å². The van der Waals surface area contributed by atoms with Crippen LogP contribution in [0.3, 0.4) is 0 Å². The third-order valence-electron chi connectivity index (χ3n) is 2.73. The predicted molar refractivity (Wildman–Crippen MR) is 74.0 cm³/mol.